The molecule has 2 atom stereocenters. The van der Waals surface area contributed by atoms with Gasteiger partial charge in [-0.2, -0.15) is 0 Å². The lowest BCUT2D eigenvalue weighted by atomic mass is 10.0. The van der Waals surface area contributed by atoms with Crippen molar-refractivity contribution < 1.29 is 9.16 Å². The second kappa shape index (κ2) is 7.40. The van der Waals surface area contributed by atoms with Crippen LogP contribution in [-0.2, 0) is 9.16 Å². The van der Waals surface area contributed by atoms with Crippen molar-refractivity contribution in [3.63, 3.8) is 0 Å². The topological polar surface area (TPSA) is 122 Å². The highest BCUT2D eigenvalue weighted by Gasteiger charge is 2.45. The Labute approximate surface area is 153 Å². The van der Waals surface area contributed by atoms with E-state index in [1.54, 1.807) is 0 Å². The molecule has 0 aliphatic carbocycles. The summed E-state index contributed by atoms with van der Waals surface area (Å²) in [7, 11) is -2.01. The average Bonchev–Trinajstić information content (AvgIpc) is 2.95. The summed E-state index contributed by atoms with van der Waals surface area (Å²) in [5.41, 5.74) is 6.98. The van der Waals surface area contributed by atoms with Gasteiger partial charge in [0, 0.05) is 17.2 Å². The Hall–Kier alpha value is -1.87. The molecule has 0 amide bonds. The van der Waals surface area contributed by atoms with Crippen molar-refractivity contribution in [1.29, 1.82) is 0 Å². The van der Waals surface area contributed by atoms with Crippen LogP contribution in [0.2, 0.25) is 18.1 Å². The van der Waals surface area contributed by atoms with Crippen molar-refractivity contribution >= 4 is 8.32 Å². The van der Waals surface area contributed by atoms with Crippen molar-refractivity contribution in [2.24, 2.45) is 5.11 Å². The van der Waals surface area contributed by atoms with Crippen molar-refractivity contribution in [3.8, 4) is 0 Å². The molecular formula is C16H27N5O4Si. The average molecular weight is 382 g/mol. The summed E-state index contributed by atoms with van der Waals surface area (Å²) in [6, 6.07) is 1.28. The van der Waals surface area contributed by atoms with Crippen molar-refractivity contribution in [3.05, 3.63) is 43.5 Å². The molecule has 10 heteroatoms. The minimum absolute atomic E-state index is 0.0422. The van der Waals surface area contributed by atoms with Gasteiger partial charge in [0.05, 0.1) is 18.8 Å². The quantitative estimate of drug-likeness (QED) is 0.352. The van der Waals surface area contributed by atoms with Crippen LogP contribution < -0.4 is 11.2 Å². The summed E-state index contributed by atoms with van der Waals surface area (Å²) in [5, 5.41) is 3.74. The molecule has 1 aliphatic rings. The molecule has 1 unspecified atom stereocenters. The Kier molecular flexibility index (Phi) is 5.81. The van der Waals surface area contributed by atoms with E-state index in [9.17, 15) is 9.59 Å². The van der Waals surface area contributed by atoms with Gasteiger partial charge in [-0.25, -0.2) is 4.79 Å². The SMILES string of the molecule is CC(C)(C)[Si](C)(C)OCC1(CN=[N+]=[N-])CC[C@H](n2ccc(=O)[nH]c2=O)O1. The van der Waals surface area contributed by atoms with E-state index in [0.29, 0.717) is 19.4 Å². The van der Waals surface area contributed by atoms with Gasteiger partial charge in [0.1, 0.15) is 6.23 Å². The molecule has 1 aromatic rings. The Bertz CT molecular complexity index is 806. The van der Waals surface area contributed by atoms with Crippen LogP contribution in [-0.4, -0.2) is 36.6 Å². The summed E-state index contributed by atoms with van der Waals surface area (Å²) in [5.74, 6) is 0. The predicted octanol–water partition coefficient (Wildman–Crippen LogP) is 2.92. The van der Waals surface area contributed by atoms with E-state index >= 15 is 0 Å². The maximum Gasteiger partial charge on any atom is 0.330 e. The van der Waals surface area contributed by atoms with Crippen LogP contribution in [0.3, 0.4) is 0 Å². The summed E-state index contributed by atoms with van der Waals surface area (Å²) in [6.45, 7) is 11.2. The monoisotopic (exact) mass is 381 g/mol. The summed E-state index contributed by atoms with van der Waals surface area (Å²) >= 11 is 0. The van der Waals surface area contributed by atoms with E-state index in [4.69, 9.17) is 14.7 Å². The molecule has 1 N–H and O–H groups in total. The van der Waals surface area contributed by atoms with Gasteiger partial charge >= 0.3 is 5.69 Å². The summed E-state index contributed by atoms with van der Waals surface area (Å²) < 4.78 is 13.8. The molecule has 0 aromatic carbocycles. The summed E-state index contributed by atoms with van der Waals surface area (Å²) in [6.07, 6.45) is 2.05. The van der Waals surface area contributed by atoms with Crippen LogP contribution in [0.25, 0.3) is 10.4 Å². The van der Waals surface area contributed by atoms with Gasteiger partial charge in [-0.05, 0) is 36.5 Å². The Morgan fingerprint density at radius 1 is 1.50 bits per heavy atom. The highest BCUT2D eigenvalue weighted by atomic mass is 28.4. The summed E-state index contributed by atoms with van der Waals surface area (Å²) in [4.78, 5) is 28.4. The zero-order valence-electron chi connectivity index (χ0n) is 16.0. The van der Waals surface area contributed by atoms with E-state index in [1.165, 1.54) is 16.8 Å². The first-order valence-corrected chi connectivity index (χ1v) is 11.5. The third kappa shape index (κ3) is 4.45. The third-order valence-electron chi connectivity index (χ3n) is 5.32. The molecule has 0 saturated carbocycles. The molecule has 0 spiro atoms. The number of H-pyrrole nitrogens is 1. The molecule has 0 radical (unpaired) electrons. The first-order valence-electron chi connectivity index (χ1n) is 8.64. The fraction of sp³-hybridized carbons (Fsp3) is 0.750. The lowest BCUT2D eigenvalue weighted by Crippen LogP contribution is -2.47. The van der Waals surface area contributed by atoms with Crippen LogP contribution in [0, 0.1) is 0 Å². The second-order valence-electron chi connectivity index (χ2n) is 8.25. The molecule has 1 aliphatic heterocycles. The molecule has 1 aromatic heterocycles. The molecule has 1 fully saturated rings. The van der Waals surface area contributed by atoms with Gasteiger partial charge < -0.3 is 9.16 Å². The van der Waals surface area contributed by atoms with E-state index in [0.717, 1.165) is 0 Å². The molecule has 9 nitrogen and oxygen atoms in total. The van der Waals surface area contributed by atoms with Gasteiger partial charge in [0.25, 0.3) is 5.56 Å². The Morgan fingerprint density at radius 2 is 2.19 bits per heavy atom. The van der Waals surface area contributed by atoms with Crippen LogP contribution in [0.1, 0.15) is 39.8 Å². The number of nitrogens with one attached hydrogen (secondary N) is 1. The number of hydrogen-bond donors (Lipinski definition) is 1. The molecule has 1 saturated heterocycles. The second-order valence-corrected chi connectivity index (χ2v) is 13.1. The van der Waals surface area contributed by atoms with Gasteiger partial charge in [-0.1, -0.05) is 25.9 Å². The maximum absolute atomic E-state index is 12.0. The molecule has 26 heavy (non-hydrogen) atoms. The fourth-order valence-corrected chi connectivity index (χ4v) is 3.66. The van der Waals surface area contributed by atoms with E-state index in [2.05, 4.69) is 48.9 Å². The molecule has 144 valence electrons. The van der Waals surface area contributed by atoms with Crippen LogP contribution in [0.15, 0.2) is 27.0 Å². The third-order valence-corrected chi connectivity index (χ3v) is 9.80. The number of aromatic nitrogens is 2. The number of nitrogens with zero attached hydrogens (tertiary/aromatic N) is 4. The molecule has 2 rings (SSSR count). The number of ether oxygens (including phenoxy) is 1. The van der Waals surface area contributed by atoms with Gasteiger partial charge in [-0.3, -0.25) is 14.3 Å². The first kappa shape index (κ1) is 20.4. The Balaban J connectivity index is 2.22. The van der Waals surface area contributed by atoms with Gasteiger partial charge in [-0.15, -0.1) is 0 Å². The number of rotatable bonds is 6. The predicted molar refractivity (Wildman–Crippen MR) is 101 cm³/mol. The largest absolute Gasteiger partial charge is 0.414 e. The van der Waals surface area contributed by atoms with Crippen LogP contribution >= 0.6 is 0 Å². The van der Waals surface area contributed by atoms with E-state index in [1.807, 2.05) is 0 Å². The molecule has 2 heterocycles. The van der Waals surface area contributed by atoms with Gasteiger partial charge in [0.15, 0.2) is 8.32 Å². The normalized spacial score (nSPS) is 23.7. The number of hydrogen-bond acceptors (Lipinski definition) is 5. The van der Waals surface area contributed by atoms with Crippen molar-refractivity contribution in [1.82, 2.24) is 9.55 Å². The van der Waals surface area contributed by atoms with Crippen LogP contribution in [0.4, 0.5) is 0 Å². The van der Waals surface area contributed by atoms with Crippen LogP contribution in [0.5, 0.6) is 0 Å². The minimum atomic E-state index is -2.01. The zero-order chi connectivity index (χ0) is 19.6. The molecule has 0 bridgehead atoms. The fourth-order valence-electron chi connectivity index (χ4n) is 2.60. The lowest BCUT2D eigenvalue weighted by Gasteiger charge is -2.39. The highest BCUT2D eigenvalue weighted by Crippen LogP contribution is 2.40. The lowest BCUT2D eigenvalue weighted by molar-refractivity contribution is -0.0905. The minimum Gasteiger partial charge on any atom is -0.414 e. The van der Waals surface area contributed by atoms with E-state index in [-0.39, 0.29) is 11.6 Å². The maximum atomic E-state index is 12.0. The zero-order valence-corrected chi connectivity index (χ0v) is 17.0. The highest BCUT2D eigenvalue weighted by molar-refractivity contribution is 6.74. The number of azide groups is 1. The first-order chi connectivity index (χ1) is 12.0. The standard InChI is InChI=1S/C16H27N5O4Si/c1-15(2,3)26(4,5)24-11-16(10-18-20-17)8-6-13(25-16)21-9-7-12(22)19-14(21)23/h7,9,13H,6,8,10-11H2,1-5H3,(H,19,22,23)/t13-,16?/m1/s1. The van der Waals surface area contributed by atoms with E-state index < -0.39 is 31.4 Å². The van der Waals surface area contributed by atoms with Crippen molar-refractivity contribution in [2.45, 2.75) is 63.6 Å². The molecular weight excluding hydrogens is 354 g/mol. The van der Waals surface area contributed by atoms with Crippen molar-refractivity contribution in [2.75, 3.05) is 13.2 Å². The Morgan fingerprint density at radius 3 is 2.77 bits per heavy atom. The van der Waals surface area contributed by atoms with Gasteiger partial charge in [0.2, 0.25) is 0 Å². The smallest absolute Gasteiger partial charge is 0.330 e. The number of aromatic amines is 1.